The second kappa shape index (κ2) is 3.91. The first-order chi connectivity index (χ1) is 8.00. The molecule has 0 radical (unpaired) electrons. The summed E-state index contributed by atoms with van der Waals surface area (Å²) in [6.45, 7) is 0. The summed E-state index contributed by atoms with van der Waals surface area (Å²) in [5, 5.41) is 12.2. The third-order valence-electron chi connectivity index (χ3n) is 1.94. The summed E-state index contributed by atoms with van der Waals surface area (Å²) in [5.74, 6) is -1.27. The molecule has 0 fully saturated rings. The number of rotatable bonds is 2. The second-order valence-corrected chi connectivity index (χ2v) is 3.43. The van der Waals surface area contributed by atoms with Crippen molar-refractivity contribution in [2.45, 2.75) is 0 Å². The van der Waals surface area contributed by atoms with Gasteiger partial charge in [0.15, 0.2) is 16.5 Å². The fourth-order valence-corrected chi connectivity index (χ4v) is 1.39. The molecule has 2 heterocycles. The van der Waals surface area contributed by atoms with Crippen molar-refractivity contribution in [3.8, 4) is 5.82 Å². The molecule has 8 nitrogen and oxygen atoms in total. The largest absolute Gasteiger partial charge is 0.476 e. The van der Waals surface area contributed by atoms with Crippen molar-refractivity contribution < 1.29 is 9.90 Å². The van der Waals surface area contributed by atoms with Crippen molar-refractivity contribution in [2.75, 3.05) is 5.73 Å². The highest BCUT2D eigenvalue weighted by Gasteiger charge is 2.16. The van der Waals surface area contributed by atoms with Crippen LogP contribution in [0.25, 0.3) is 5.82 Å². The number of H-pyrrole nitrogens is 1. The number of aromatic carboxylic acids is 1. The lowest BCUT2D eigenvalue weighted by Crippen LogP contribution is -2.12. The molecule has 0 unspecified atom stereocenters. The molecule has 2 rings (SSSR count). The molecule has 0 saturated carbocycles. The van der Waals surface area contributed by atoms with E-state index in [0.717, 1.165) is 11.0 Å². The molecule has 0 spiro atoms. The van der Waals surface area contributed by atoms with Crippen LogP contribution in [0.5, 0.6) is 0 Å². The van der Waals surface area contributed by atoms with E-state index >= 15 is 0 Å². The van der Waals surface area contributed by atoms with E-state index in [4.69, 9.17) is 22.4 Å². The van der Waals surface area contributed by atoms with Gasteiger partial charge in [-0.3, -0.25) is 4.79 Å². The van der Waals surface area contributed by atoms with E-state index in [-0.39, 0.29) is 22.2 Å². The number of nitrogens with one attached hydrogen (secondary N) is 1. The maximum atomic E-state index is 11.2. The summed E-state index contributed by atoms with van der Waals surface area (Å²) in [4.78, 5) is 28.0. The molecule has 2 aromatic heterocycles. The van der Waals surface area contributed by atoms with E-state index in [0.29, 0.717) is 0 Å². The number of nitrogens with two attached hydrogens (primary N) is 1. The van der Waals surface area contributed by atoms with Gasteiger partial charge in [-0.15, -0.1) is 0 Å². The normalized spacial score (nSPS) is 10.4. The molecule has 0 amide bonds. The van der Waals surface area contributed by atoms with E-state index < -0.39 is 11.5 Å². The molecule has 88 valence electrons. The number of carboxylic acids is 1. The summed E-state index contributed by atoms with van der Waals surface area (Å²) in [6.07, 6.45) is 2.35. The van der Waals surface area contributed by atoms with Crippen LogP contribution in [-0.2, 0) is 0 Å². The lowest BCUT2D eigenvalue weighted by atomic mass is 10.4. The number of anilines is 1. The molecule has 0 aliphatic carbocycles. The van der Waals surface area contributed by atoms with E-state index in [9.17, 15) is 9.59 Å². The Bertz CT molecular complexity index is 647. The predicted octanol–water partition coefficient (Wildman–Crippen LogP) is -0.111. The second-order valence-electron chi connectivity index (χ2n) is 3.05. The van der Waals surface area contributed by atoms with Crippen molar-refractivity contribution in [3.63, 3.8) is 0 Å². The monoisotopic (exact) mass is 255 g/mol. The summed E-state index contributed by atoms with van der Waals surface area (Å²) in [5.41, 5.74) is 4.52. The van der Waals surface area contributed by atoms with Crippen LogP contribution in [0, 0.1) is 0 Å². The Morgan fingerprint density at radius 2 is 2.29 bits per heavy atom. The van der Waals surface area contributed by atoms with Crippen molar-refractivity contribution in [1.29, 1.82) is 0 Å². The summed E-state index contributed by atoms with van der Waals surface area (Å²) < 4.78 is 1.04. The van der Waals surface area contributed by atoms with Gasteiger partial charge < -0.3 is 15.8 Å². The van der Waals surface area contributed by atoms with Crippen LogP contribution >= 0.6 is 11.6 Å². The zero-order valence-corrected chi connectivity index (χ0v) is 8.97. The van der Waals surface area contributed by atoms with Crippen molar-refractivity contribution in [1.82, 2.24) is 19.7 Å². The van der Waals surface area contributed by atoms with Crippen LogP contribution in [-0.4, -0.2) is 30.8 Å². The number of carboxylic acid groups (broad SMARTS) is 1. The number of hydrogen-bond donors (Lipinski definition) is 3. The minimum atomic E-state index is -1.28. The number of carbonyl (C=O) groups is 1. The molecule has 2 aromatic rings. The number of hydrogen-bond acceptors (Lipinski definition) is 5. The Labute approximate surface area is 98.7 Å². The summed E-state index contributed by atoms with van der Waals surface area (Å²) >= 11 is 5.71. The lowest BCUT2D eigenvalue weighted by Gasteiger charge is -2.00. The van der Waals surface area contributed by atoms with Crippen LogP contribution in [0.2, 0.25) is 5.02 Å². The van der Waals surface area contributed by atoms with Gasteiger partial charge in [0.2, 0.25) is 0 Å². The molecule has 9 heteroatoms. The Hall–Kier alpha value is -2.35. The van der Waals surface area contributed by atoms with Crippen LogP contribution in [0.3, 0.4) is 0 Å². The molecule has 0 atom stereocenters. The first kappa shape index (κ1) is 11.1. The number of aromatic amines is 1. The molecular weight excluding hydrogens is 250 g/mol. The maximum Gasteiger partial charge on any atom is 0.358 e. The highest BCUT2D eigenvalue weighted by atomic mass is 35.5. The highest BCUT2D eigenvalue weighted by molar-refractivity contribution is 6.31. The molecular formula is C8H6ClN5O3. The van der Waals surface area contributed by atoms with Gasteiger partial charge >= 0.3 is 5.97 Å². The number of nitrogen functional groups attached to an aromatic ring is 1. The van der Waals surface area contributed by atoms with Gasteiger partial charge in [0.05, 0.1) is 18.2 Å². The average Bonchev–Trinajstić information content (AvgIpc) is 2.64. The zero-order chi connectivity index (χ0) is 12.6. The van der Waals surface area contributed by atoms with Gasteiger partial charge in [0, 0.05) is 0 Å². The Kier molecular flexibility index (Phi) is 2.56. The first-order valence-electron chi connectivity index (χ1n) is 4.32. The highest BCUT2D eigenvalue weighted by Crippen LogP contribution is 2.16. The molecule has 0 aliphatic heterocycles. The van der Waals surface area contributed by atoms with E-state index in [1.165, 1.54) is 6.20 Å². The minimum Gasteiger partial charge on any atom is -0.476 e. The molecule has 17 heavy (non-hydrogen) atoms. The van der Waals surface area contributed by atoms with Gasteiger partial charge in [-0.2, -0.15) is 5.10 Å². The third-order valence-corrected chi connectivity index (χ3v) is 2.28. The van der Waals surface area contributed by atoms with Gasteiger partial charge in [-0.25, -0.2) is 14.5 Å². The Morgan fingerprint density at radius 3 is 2.88 bits per heavy atom. The molecule has 0 bridgehead atoms. The lowest BCUT2D eigenvalue weighted by molar-refractivity contribution is 0.0691. The topological polar surface area (TPSA) is 127 Å². The summed E-state index contributed by atoms with van der Waals surface area (Å²) in [7, 11) is 0. The van der Waals surface area contributed by atoms with Crippen LogP contribution < -0.4 is 11.3 Å². The number of halogens is 1. The average molecular weight is 256 g/mol. The number of aromatic nitrogens is 4. The summed E-state index contributed by atoms with van der Waals surface area (Å²) in [6, 6.07) is 0. The van der Waals surface area contributed by atoms with Crippen molar-refractivity contribution >= 4 is 23.3 Å². The smallest absolute Gasteiger partial charge is 0.358 e. The fraction of sp³-hybridized carbons (Fsp3) is 0. The minimum absolute atomic E-state index is 0.00890. The zero-order valence-electron chi connectivity index (χ0n) is 8.22. The third kappa shape index (κ3) is 1.85. The maximum absolute atomic E-state index is 11.2. The van der Waals surface area contributed by atoms with Crippen molar-refractivity contribution in [3.05, 3.63) is 33.6 Å². The molecule has 0 aliphatic rings. The fourth-order valence-electron chi connectivity index (χ4n) is 1.20. The Morgan fingerprint density at radius 1 is 1.59 bits per heavy atom. The molecule has 0 aromatic carbocycles. The quantitative estimate of drug-likeness (QED) is 0.687. The molecule has 4 N–H and O–H groups in total. The molecule has 0 saturated heterocycles. The van der Waals surface area contributed by atoms with Gasteiger partial charge in [-0.1, -0.05) is 11.6 Å². The SMILES string of the molecule is Nc1cn(-c2nc[nH]c(=O)c2Cl)nc1C(=O)O. The van der Waals surface area contributed by atoms with E-state index in [2.05, 4.69) is 15.1 Å². The number of nitrogens with zero attached hydrogens (tertiary/aromatic N) is 3. The Balaban J connectivity index is 2.62. The van der Waals surface area contributed by atoms with Gasteiger partial charge in [0.1, 0.15) is 0 Å². The van der Waals surface area contributed by atoms with Crippen molar-refractivity contribution in [2.24, 2.45) is 0 Å². The van der Waals surface area contributed by atoms with Crippen LogP contribution in [0.4, 0.5) is 5.69 Å². The van der Waals surface area contributed by atoms with E-state index in [1.54, 1.807) is 0 Å². The first-order valence-corrected chi connectivity index (χ1v) is 4.70. The van der Waals surface area contributed by atoms with Gasteiger partial charge in [0.25, 0.3) is 5.56 Å². The van der Waals surface area contributed by atoms with Crippen LogP contribution in [0.1, 0.15) is 10.5 Å². The standard InChI is InChI=1S/C8H6ClN5O3/c9-4-6(11-2-12-7(4)15)14-1-3(10)5(13-14)8(16)17/h1-2H,10H2,(H,16,17)(H,11,12,15). The predicted molar refractivity (Wildman–Crippen MR) is 58.4 cm³/mol. The van der Waals surface area contributed by atoms with E-state index in [1.807, 2.05) is 0 Å². The van der Waals surface area contributed by atoms with Crippen LogP contribution in [0.15, 0.2) is 17.3 Å². The van der Waals surface area contributed by atoms with Gasteiger partial charge in [-0.05, 0) is 0 Å².